The van der Waals surface area contributed by atoms with Crippen molar-refractivity contribution in [2.24, 2.45) is 0 Å². The number of rotatable bonds is 6. The lowest BCUT2D eigenvalue weighted by Gasteiger charge is -2.17. The van der Waals surface area contributed by atoms with Gasteiger partial charge in [-0.15, -0.1) is 0 Å². The minimum Gasteiger partial charge on any atom is -0.280 e. The average molecular weight is 383 g/mol. The standard InChI is InChI=1S/C17H22N2O4S2/c1-13(2)14-5-11-17(12-6-14)25(22,23)18-15-7-9-16(10-8-15)19(3)24(4,20)21/h5-13,18H,1-4H3. The lowest BCUT2D eigenvalue weighted by Crippen LogP contribution is -2.24. The number of nitrogens with zero attached hydrogens (tertiary/aromatic N) is 1. The zero-order valence-electron chi connectivity index (χ0n) is 14.6. The van der Waals surface area contributed by atoms with Crippen molar-refractivity contribution in [1.29, 1.82) is 0 Å². The first-order valence-electron chi connectivity index (χ1n) is 7.67. The van der Waals surface area contributed by atoms with Crippen molar-refractivity contribution in [2.45, 2.75) is 24.7 Å². The molecule has 0 aliphatic carbocycles. The Morgan fingerprint density at radius 2 is 1.40 bits per heavy atom. The lowest BCUT2D eigenvalue weighted by atomic mass is 10.0. The Kier molecular flexibility index (Phi) is 5.43. The molecule has 6 nitrogen and oxygen atoms in total. The van der Waals surface area contributed by atoms with E-state index >= 15 is 0 Å². The van der Waals surface area contributed by atoms with Crippen molar-refractivity contribution < 1.29 is 16.8 Å². The summed E-state index contributed by atoms with van der Waals surface area (Å²) in [5.41, 5.74) is 1.87. The van der Waals surface area contributed by atoms with Crippen LogP contribution in [0.5, 0.6) is 0 Å². The highest BCUT2D eigenvalue weighted by molar-refractivity contribution is 7.92. The SMILES string of the molecule is CC(C)c1ccc(S(=O)(=O)Nc2ccc(N(C)S(C)(=O)=O)cc2)cc1. The number of hydrogen-bond donors (Lipinski definition) is 1. The number of benzene rings is 2. The predicted molar refractivity (Wildman–Crippen MR) is 101 cm³/mol. The second-order valence-electron chi connectivity index (χ2n) is 6.11. The molecule has 0 heterocycles. The van der Waals surface area contributed by atoms with Crippen molar-refractivity contribution in [3.63, 3.8) is 0 Å². The van der Waals surface area contributed by atoms with Gasteiger partial charge >= 0.3 is 0 Å². The fourth-order valence-corrected chi connectivity index (χ4v) is 3.74. The van der Waals surface area contributed by atoms with E-state index in [4.69, 9.17) is 0 Å². The Morgan fingerprint density at radius 3 is 1.84 bits per heavy atom. The van der Waals surface area contributed by atoms with E-state index in [0.29, 0.717) is 17.3 Å². The van der Waals surface area contributed by atoms with E-state index in [0.717, 1.165) is 16.1 Å². The third-order valence-corrected chi connectivity index (χ3v) is 6.44. The molecule has 0 fully saturated rings. The molecule has 136 valence electrons. The largest absolute Gasteiger partial charge is 0.280 e. The van der Waals surface area contributed by atoms with Gasteiger partial charge in [0.25, 0.3) is 10.0 Å². The van der Waals surface area contributed by atoms with Gasteiger partial charge in [-0.05, 0) is 47.9 Å². The molecule has 0 amide bonds. The van der Waals surface area contributed by atoms with Gasteiger partial charge < -0.3 is 0 Å². The molecule has 1 N–H and O–H groups in total. The Labute approximate surface area is 149 Å². The lowest BCUT2D eigenvalue weighted by molar-refractivity contribution is 0.598. The Bertz CT molecular complexity index is 933. The van der Waals surface area contributed by atoms with Crippen LogP contribution >= 0.6 is 0 Å². The van der Waals surface area contributed by atoms with Crippen LogP contribution in [0.3, 0.4) is 0 Å². The molecule has 25 heavy (non-hydrogen) atoms. The molecule has 0 atom stereocenters. The van der Waals surface area contributed by atoms with Crippen LogP contribution in [0.2, 0.25) is 0 Å². The van der Waals surface area contributed by atoms with E-state index in [1.54, 1.807) is 36.4 Å². The topological polar surface area (TPSA) is 83.6 Å². The summed E-state index contributed by atoms with van der Waals surface area (Å²) in [7, 11) is -5.63. The summed E-state index contributed by atoms with van der Waals surface area (Å²) in [4.78, 5) is 0.175. The monoisotopic (exact) mass is 382 g/mol. The maximum atomic E-state index is 12.4. The zero-order valence-corrected chi connectivity index (χ0v) is 16.2. The van der Waals surface area contributed by atoms with Crippen LogP contribution in [-0.2, 0) is 20.0 Å². The third-order valence-electron chi connectivity index (χ3n) is 3.84. The Hall–Kier alpha value is -2.06. The first-order chi connectivity index (χ1) is 11.5. The van der Waals surface area contributed by atoms with Gasteiger partial charge in [0, 0.05) is 12.7 Å². The summed E-state index contributed by atoms with van der Waals surface area (Å²) >= 11 is 0. The van der Waals surface area contributed by atoms with Gasteiger partial charge in [0.15, 0.2) is 0 Å². The van der Waals surface area contributed by atoms with E-state index < -0.39 is 20.0 Å². The highest BCUT2D eigenvalue weighted by Crippen LogP contribution is 2.22. The smallest absolute Gasteiger partial charge is 0.261 e. The first kappa shape index (κ1) is 19.3. The summed E-state index contributed by atoms with van der Waals surface area (Å²) < 4.78 is 51.5. The summed E-state index contributed by atoms with van der Waals surface area (Å²) in [6.07, 6.45) is 1.10. The van der Waals surface area contributed by atoms with Crippen LogP contribution in [-0.4, -0.2) is 30.1 Å². The second-order valence-corrected chi connectivity index (χ2v) is 9.80. The summed E-state index contributed by atoms with van der Waals surface area (Å²) in [5.74, 6) is 0.323. The molecule has 0 radical (unpaired) electrons. The van der Waals surface area contributed by atoms with E-state index in [-0.39, 0.29) is 4.90 Å². The molecule has 0 saturated carbocycles. The number of hydrogen-bond acceptors (Lipinski definition) is 4. The van der Waals surface area contributed by atoms with Crippen molar-refractivity contribution in [3.05, 3.63) is 54.1 Å². The molecule has 0 unspecified atom stereocenters. The van der Waals surface area contributed by atoms with Crippen LogP contribution in [0, 0.1) is 0 Å². The molecule has 8 heteroatoms. The van der Waals surface area contributed by atoms with Gasteiger partial charge in [0.2, 0.25) is 10.0 Å². The van der Waals surface area contributed by atoms with Crippen molar-refractivity contribution in [2.75, 3.05) is 22.3 Å². The van der Waals surface area contributed by atoms with E-state index in [2.05, 4.69) is 4.72 Å². The molecule has 0 spiro atoms. The predicted octanol–water partition coefficient (Wildman–Crippen LogP) is 3.01. The minimum absolute atomic E-state index is 0.175. The van der Waals surface area contributed by atoms with Gasteiger partial charge in [-0.2, -0.15) is 0 Å². The summed E-state index contributed by atoms with van der Waals surface area (Å²) in [6, 6.07) is 12.9. The van der Waals surface area contributed by atoms with Gasteiger partial charge in [-0.3, -0.25) is 9.03 Å². The van der Waals surface area contributed by atoms with Crippen LogP contribution in [0.4, 0.5) is 11.4 Å². The van der Waals surface area contributed by atoms with Gasteiger partial charge in [-0.25, -0.2) is 16.8 Å². The summed E-state index contributed by atoms with van der Waals surface area (Å²) in [6.45, 7) is 4.08. The number of nitrogens with one attached hydrogen (secondary N) is 1. The maximum absolute atomic E-state index is 12.4. The van der Waals surface area contributed by atoms with Crippen LogP contribution in [0.1, 0.15) is 25.3 Å². The van der Waals surface area contributed by atoms with E-state index in [9.17, 15) is 16.8 Å². The molecule has 0 aliphatic rings. The quantitative estimate of drug-likeness (QED) is 0.832. The molecule has 2 aromatic carbocycles. The molecule has 0 aromatic heterocycles. The highest BCUT2D eigenvalue weighted by atomic mass is 32.2. The number of sulfonamides is 2. The average Bonchev–Trinajstić information content (AvgIpc) is 2.54. The molecule has 2 aromatic rings. The molecule has 2 rings (SSSR count). The molecule has 0 saturated heterocycles. The fourth-order valence-electron chi connectivity index (χ4n) is 2.18. The number of anilines is 2. The van der Waals surface area contributed by atoms with Crippen molar-refractivity contribution >= 4 is 31.4 Å². The van der Waals surface area contributed by atoms with E-state index in [1.165, 1.54) is 19.2 Å². The third kappa shape index (κ3) is 4.73. The minimum atomic E-state index is -3.70. The second kappa shape index (κ2) is 7.05. The fraction of sp³-hybridized carbons (Fsp3) is 0.294. The normalized spacial score (nSPS) is 12.2. The van der Waals surface area contributed by atoms with Gasteiger partial charge in [0.05, 0.1) is 16.8 Å². The molecular weight excluding hydrogens is 360 g/mol. The Balaban J connectivity index is 2.20. The van der Waals surface area contributed by atoms with Crippen LogP contribution in [0.25, 0.3) is 0 Å². The zero-order chi connectivity index (χ0) is 18.8. The maximum Gasteiger partial charge on any atom is 0.261 e. The van der Waals surface area contributed by atoms with Crippen molar-refractivity contribution in [1.82, 2.24) is 0 Å². The first-order valence-corrected chi connectivity index (χ1v) is 11.0. The molecule has 0 aliphatic heterocycles. The summed E-state index contributed by atoms with van der Waals surface area (Å²) in [5, 5.41) is 0. The highest BCUT2D eigenvalue weighted by Gasteiger charge is 2.16. The molecular formula is C17H22N2O4S2. The van der Waals surface area contributed by atoms with E-state index in [1.807, 2.05) is 13.8 Å². The van der Waals surface area contributed by atoms with Gasteiger partial charge in [0.1, 0.15) is 0 Å². The Morgan fingerprint density at radius 1 is 0.880 bits per heavy atom. The molecule has 0 bridgehead atoms. The van der Waals surface area contributed by atoms with Crippen LogP contribution < -0.4 is 9.03 Å². The van der Waals surface area contributed by atoms with Crippen molar-refractivity contribution in [3.8, 4) is 0 Å². The van der Waals surface area contributed by atoms with Crippen LogP contribution in [0.15, 0.2) is 53.4 Å². The van der Waals surface area contributed by atoms with Gasteiger partial charge in [-0.1, -0.05) is 26.0 Å².